The minimum atomic E-state index is -0.550. The molecule has 0 spiro atoms. The monoisotopic (exact) mass is 265 g/mol. The molecule has 1 aromatic carbocycles. The van der Waals surface area contributed by atoms with E-state index in [-0.39, 0.29) is 23.1 Å². The summed E-state index contributed by atoms with van der Waals surface area (Å²) in [7, 11) is 0. The molecule has 2 atom stereocenters. The molecule has 2 rings (SSSR count). The molecule has 0 aromatic heterocycles. The van der Waals surface area contributed by atoms with E-state index < -0.39 is 12.0 Å². The average Bonchev–Trinajstić information content (AvgIpc) is 2.58. The summed E-state index contributed by atoms with van der Waals surface area (Å²) in [6.45, 7) is 0. The van der Waals surface area contributed by atoms with E-state index in [1.54, 1.807) is 0 Å². The lowest BCUT2D eigenvalue weighted by atomic mass is 10.1. The summed E-state index contributed by atoms with van der Waals surface area (Å²) in [4.78, 5) is 12.1. The highest BCUT2D eigenvalue weighted by molar-refractivity contribution is 5.97. The van der Waals surface area contributed by atoms with Crippen molar-refractivity contribution >= 4 is 5.91 Å². The molecule has 0 saturated heterocycles. The van der Waals surface area contributed by atoms with Crippen molar-refractivity contribution in [3.63, 3.8) is 0 Å². The van der Waals surface area contributed by atoms with Crippen LogP contribution in [-0.2, 0) is 0 Å². The summed E-state index contributed by atoms with van der Waals surface area (Å²) >= 11 is 0. The van der Waals surface area contributed by atoms with Gasteiger partial charge in [0.15, 0.2) is 0 Å². The van der Waals surface area contributed by atoms with E-state index in [1.807, 2.05) is 0 Å². The van der Waals surface area contributed by atoms with Crippen molar-refractivity contribution in [1.82, 2.24) is 5.32 Å². The zero-order valence-electron chi connectivity index (χ0n) is 10.7. The van der Waals surface area contributed by atoms with E-state index in [4.69, 9.17) is 0 Å². The number of hydrogen-bond donors (Lipinski definition) is 4. The van der Waals surface area contributed by atoms with Crippen LogP contribution in [-0.4, -0.2) is 33.4 Å². The number of nitrogens with one attached hydrogen (secondary N) is 1. The standard InChI is InChI=1S/C14H19NO4/c16-9-6-7-12(17)10(8-9)14(19)15-11-4-2-1-3-5-13(11)18/h6-8,11,13,16-18H,1-5H2,(H,15,19). The van der Waals surface area contributed by atoms with E-state index in [2.05, 4.69) is 5.32 Å². The third-order valence-electron chi connectivity index (χ3n) is 3.52. The third kappa shape index (κ3) is 3.38. The van der Waals surface area contributed by atoms with Crippen molar-refractivity contribution in [3.8, 4) is 11.5 Å². The molecule has 0 aliphatic heterocycles. The topological polar surface area (TPSA) is 89.8 Å². The number of rotatable bonds is 2. The third-order valence-corrected chi connectivity index (χ3v) is 3.52. The van der Waals surface area contributed by atoms with E-state index >= 15 is 0 Å². The molecular formula is C14H19NO4. The van der Waals surface area contributed by atoms with Crippen molar-refractivity contribution < 1.29 is 20.1 Å². The molecule has 1 aliphatic rings. The number of phenolic OH excluding ortho intramolecular Hbond substituents is 2. The molecule has 0 radical (unpaired) electrons. The van der Waals surface area contributed by atoms with Crippen LogP contribution in [0.25, 0.3) is 0 Å². The van der Waals surface area contributed by atoms with Gasteiger partial charge in [-0.1, -0.05) is 19.3 Å². The van der Waals surface area contributed by atoms with Crippen molar-refractivity contribution in [1.29, 1.82) is 0 Å². The number of aromatic hydroxyl groups is 2. The van der Waals surface area contributed by atoms with Crippen LogP contribution >= 0.6 is 0 Å². The summed E-state index contributed by atoms with van der Waals surface area (Å²) < 4.78 is 0. The first-order chi connectivity index (χ1) is 9.08. The molecule has 5 heteroatoms. The highest BCUT2D eigenvalue weighted by Crippen LogP contribution is 2.23. The minimum absolute atomic E-state index is 0.0245. The van der Waals surface area contributed by atoms with Gasteiger partial charge in [-0.15, -0.1) is 0 Å². The quantitative estimate of drug-likeness (QED) is 0.482. The second kappa shape index (κ2) is 5.93. The van der Waals surface area contributed by atoms with E-state index in [9.17, 15) is 20.1 Å². The number of carbonyl (C=O) groups is 1. The van der Waals surface area contributed by atoms with Crippen LogP contribution in [0, 0.1) is 0 Å². The Morgan fingerprint density at radius 2 is 1.89 bits per heavy atom. The van der Waals surface area contributed by atoms with Crippen molar-refractivity contribution in [3.05, 3.63) is 23.8 Å². The van der Waals surface area contributed by atoms with Crippen molar-refractivity contribution in [2.45, 2.75) is 44.2 Å². The number of aliphatic hydroxyl groups excluding tert-OH is 1. The number of aliphatic hydroxyl groups is 1. The Balaban J connectivity index is 2.09. The summed E-state index contributed by atoms with van der Waals surface area (Å²) in [5.74, 6) is -0.734. The Hall–Kier alpha value is -1.75. The van der Waals surface area contributed by atoms with E-state index in [0.29, 0.717) is 6.42 Å². The van der Waals surface area contributed by atoms with E-state index in [1.165, 1.54) is 18.2 Å². The molecule has 0 heterocycles. The lowest BCUT2D eigenvalue weighted by Crippen LogP contribution is -2.42. The fraction of sp³-hybridized carbons (Fsp3) is 0.500. The molecular weight excluding hydrogens is 246 g/mol. The molecule has 1 fully saturated rings. The first kappa shape index (κ1) is 13.7. The van der Waals surface area contributed by atoms with Crippen molar-refractivity contribution in [2.75, 3.05) is 0 Å². The van der Waals surface area contributed by atoms with Gasteiger partial charge in [-0.25, -0.2) is 0 Å². The van der Waals surface area contributed by atoms with Crippen molar-refractivity contribution in [2.24, 2.45) is 0 Å². The Morgan fingerprint density at radius 1 is 1.16 bits per heavy atom. The maximum Gasteiger partial charge on any atom is 0.255 e. The average molecular weight is 265 g/mol. The minimum Gasteiger partial charge on any atom is -0.508 e. The van der Waals surface area contributed by atoms with Crippen LogP contribution in [0.15, 0.2) is 18.2 Å². The Morgan fingerprint density at radius 3 is 2.68 bits per heavy atom. The molecule has 4 N–H and O–H groups in total. The molecule has 1 amide bonds. The summed E-state index contributed by atoms with van der Waals surface area (Å²) in [6.07, 6.45) is 3.84. The number of benzene rings is 1. The lowest BCUT2D eigenvalue weighted by molar-refractivity contribution is 0.0816. The smallest absolute Gasteiger partial charge is 0.255 e. The van der Waals surface area contributed by atoms with Gasteiger partial charge in [0, 0.05) is 0 Å². The predicted octanol–water partition coefficient (Wildman–Crippen LogP) is 1.52. The van der Waals surface area contributed by atoms with Crippen LogP contribution in [0.3, 0.4) is 0 Å². The van der Waals surface area contributed by atoms with Gasteiger partial charge < -0.3 is 20.6 Å². The molecule has 19 heavy (non-hydrogen) atoms. The van der Waals surface area contributed by atoms with Crippen LogP contribution in [0.4, 0.5) is 0 Å². The van der Waals surface area contributed by atoms with Gasteiger partial charge in [0.25, 0.3) is 5.91 Å². The fourth-order valence-corrected chi connectivity index (χ4v) is 2.41. The van der Waals surface area contributed by atoms with Crippen LogP contribution in [0.5, 0.6) is 11.5 Å². The number of carbonyl (C=O) groups excluding carboxylic acids is 1. The summed E-state index contributed by atoms with van der Waals surface area (Å²) in [5.41, 5.74) is 0.0245. The van der Waals surface area contributed by atoms with Gasteiger partial charge in [0.2, 0.25) is 0 Å². The van der Waals surface area contributed by atoms with Gasteiger partial charge in [-0.05, 0) is 31.0 Å². The SMILES string of the molecule is O=C(NC1CCCCCC1O)c1cc(O)ccc1O. The second-order valence-corrected chi connectivity index (χ2v) is 4.99. The molecule has 1 saturated carbocycles. The highest BCUT2D eigenvalue weighted by atomic mass is 16.3. The fourth-order valence-electron chi connectivity index (χ4n) is 2.41. The summed E-state index contributed by atoms with van der Waals surface area (Å²) in [6, 6.07) is 3.51. The lowest BCUT2D eigenvalue weighted by Gasteiger charge is -2.22. The van der Waals surface area contributed by atoms with Crippen LogP contribution in [0.2, 0.25) is 0 Å². The normalized spacial score (nSPS) is 23.6. The van der Waals surface area contributed by atoms with Crippen LogP contribution < -0.4 is 5.32 Å². The highest BCUT2D eigenvalue weighted by Gasteiger charge is 2.24. The van der Waals surface area contributed by atoms with Gasteiger partial charge in [-0.3, -0.25) is 4.79 Å². The Kier molecular flexibility index (Phi) is 4.27. The van der Waals surface area contributed by atoms with Gasteiger partial charge in [0.05, 0.1) is 17.7 Å². The zero-order valence-corrected chi connectivity index (χ0v) is 10.7. The number of phenols is 2. The Bertz CT molecular complexity index is 461. The number of amides is 1. The predicted molar refractivity (Wildman–Crippen MR) is 70.1 cm³/mol. The number of hydrogen-bond acceptors (Lipinski definition) is 4. The van der Waals surface area contributed by atoms with Gasteiger partial charge in [-0.2, -0.15) is 0 Å². The van der Waals surface area contributed by atoms with E-state index in [0.717, 1.165) is 25.7 Å². The maximum atomic E-state index is 12.1. The molecule has 104 valence electrons. The van der Waals surface area contributed by atoms with Crippen LogP contribution in [0.1, 0.15) is 42.5 Å². The molecule has 2 unspecified atom stereocenters. The molecule has 1 aliphatic carbocycles. The second-order valence-electron chi connectivity index (χ2n) is 4.99. The Labute approximate surface area is 111 Å². The molecule has 5 nitrogen and oxygen atoms in total. The zero-order chi connectivity index (χ0) is 13.8. The summed E-state index contributed by atoms with van der Waals surface area (Å²) in [5, 5.41) is 31.6. The van der Waals surface area contributed by atoms with Gasteiger partial charge >= 0.3 is 0 Å². The molecule has 0 bridgehead atoms. The largest absolute Gasteiger partial charge is 0.508 e. The van der Waals surface area contributed by atoms with Gasteiger partial charge in [0.1, 0.15) is 11.5 Å². The maximum absolute atomic E-state index is 12.1. The first-order valence-corrected chi connectivity index (χ1v) is 6.59. The molecule has 1 aromatic rings. The first-order valence-electron chi connectivity index (χ1n) is 6.59.